The van der Waals surface area contributed by atoms with Gasteiger partial charge in [0.1, 0.15) is 17.2 Å². The molecule has 2 heterocycles. The molecule has 0 amide bonds. The van der Waals surface area contributed by atoms with Crippen LogP contribution in [0.2, 0.25) is 5.02 Å². The van der Waals surface area contributed by atoms with Crippen LogP contribution in [-0.2, 0) is 0 Å². The Bertz CT molecular complexity index is 818. The number of nitrogens with two attached hydrogens (primary N) is 1. The number of anilines is 1. The quantitative estimate of drug-likeness (QED) is 0.729. The normalized spacial score (nSPS) is 11.2. The second kappa shape index (κ2) is 4.53. The van der Waals surface area contributed by atoms with E-state index in [1.807, 2.05) is 16.5 Å². The molecule has 3 nitrogen and oxygen atoms in total. The summed E-state index contributed by atoms with van der Waals surface area (Å²) in [5, 5.41) is 0.643. The molecule has 0 saturated carbocycles. The molecule has 4 heteroatoms. The molecule has 0 bridgehead atoms. The summed E-state index contributed by atoms with van der Waals surface area (Å²) in [4.78, 5) is 4.63. The summed E-state index contributed by atoms with van der Waals surface area (Å²) in [5.41, 5.74) is 12.6. The van der Waals surface area contributed by atoms with E-state index in [4.69, 9.17) is 17.3 Å². The van der Waals surface area contributed by atoms with E-state index >= 15 is 0 Å². The predicted molar refractivity (Wildman–Crippen MR) is 84.3 cm³/mol. The molecule has 3 aromatic rings. The van der Waals surface area contributed by atoms with Gasteiger partial charge in [0.2, 0.25) is 0 Å². The van der Waals surface area contributed by atoms with Crippen LogP contribution in [0.4, 0.5) is 5.82 Å². The maximum absolute atomic E-state index is 6.24. The number of hydrogen-bond acceptors (Lipinski definition) is 2. The van der Waals surface area contributed by atoms with Gasteiger partial charge in [0, 0.05) is 11.8 Å². The summed E-state index contributed by atoms with van der Waals surface area (Å²) in [7, 11) is 0. The van der Waals surface area contributed by atoms with E-state index in [-0.39, 0.29) is 0 Å². The fourth-order valence-electron chi connectivity index (χ4n) is 2.45. The fourth-order valence-corrected chi connectivity index (χ4v) is 2.61. The van der Waals surface area contributed by atoms with Crippen LogP contribution in [0.15, 0.2) is 30.5 Å². The van der Waals surface area contributed by atoms with Gasteiger partial charge in [-0.1, -0.05) is 17.7 Å². The minimum absolute atomic E-state index is 0.619. The lowest BCUT2D eigenvalue weighted by Crippen LogP contribution is -1.96. The minimum Gasteiger partial charge on any atom is -0.383 e. The lowest BCUT2D eigenvalue weighted by atomic mass is 9.99. The van der Waals surface area contributed by atoms with Gasteiger partial charge in [-0.3, -0.25) is 4.40 Å². The predicted octanol–water partition coefficient (Wildman–Crippen LogP) is 4.16. The van der Waals surface area contributed by atoms with Gasteiger partial charge in [0.15, 0.2) is 0 Å². The van der Waals surface area contributed by atoms with Crippen LogP contribution >= 0.6 is 11.6 Å². The van der Waals surface area contributed by atoms with Gasteiger partial charge in [0.05, 0.1) is 5.02 Å². The van der Waals surface area contributed by atoms with Crippen molar-refractivity contribution in [3.63, 3.8) is 0 Å². The van der Waals surface area contributed by atoms with Gasteiger partial charge in [0.25, 0.3) is 0 Å². The first kappa shape index (κ1) is 13.0. The van der Waals surface area contributed by atoms with Crippen molar-refractivity contribution in [2.75, 3.05) is 5.73 Å². The zero-order chi connectivity index (χ0) is 14.4. The number of hydrogen-bond donors (Lipinski definition) is 1. The van der Waals surface area contributed by atoms with Crippen molar-refractivity contribution in [2.24, 2.45) is 0 Å². The van der Waals surface area contributed by atoms with Crippen LogP contribution in [0.1, 0.15) is 16.7 Å². The Morgan fingerprint density at radius 3 is 2.50 bits per heavy atom. The number of aromatic nitrogens is 2. The molecule has 0 radical (unpaired) electrons. The second-order valence-corrected chi connectivity index (χ2v) is 5.61. The fraction of sp³-hybridized carbons (Fsp3) is 0.188. The average molecular weight is 286 g/mol. The van der Waals surface area contributed by atoms with Crippen LogP contribution < -0.4 is 5.73 Å². The van der Waals surface area contributed by atoms with Crippen LogP contribution in [0.5, 0.6) is 0 Å². The number of nitrogens with zero attached hydrogens (tertiary/aromatic N) is 2. The number of imidazole rings is 1. The van der Waals surface area contributed by atoms with Crippen molar-refractivity contribution in [3.8, 4) is 11.3 Å². The Kier molecular flexibility index (Phi) is 2.94. The molecular weight excluding hydrogens is 270 g/mol. The largest absolute Gasteiger partial charge is 0.383 e. The second-order valence-electron chi connectivity index (χ2n) is 5.17. The van der Waals surface area contributed by atoms with Crippen LogP contribution in [0, 0.1) is 20.8 Å². The molecule has 0 atom stereocenters. The molecule has 20 heavy (non-hydrogen) atoms. The molecule has 0 spiro atoms. The van der Waals surface area contributed by atoms with E-state index < -0.39 is 0 Å². The topological polar surface area (TPSA) is 43.3 Å². The number of nitrogen functional groups attached to an aromatic ring is 1. The van der Waals surface area contributed by atoms with Crippen molar-refractivity contribution >= 4 is 23.1 Å². The Labute approximate surface area is 123 Å². The van der Waals surface area contributed by atoms with Gasteiger partial charge >= 0.3 is 0 Å². The number of pyridine rings is 1. The summed E-state index contributed by atoms with van der Waals surface area (Å²) in [6.45, 7) is 6.29. The zero-order valence-electron chi connectivity index (χ0n) is 11.7. The summed E-state index contributed by atoms with van der Waals surface area (Å²) in [6, 6.07) is 8.00. The van der Waals surface area contributed by atoms with Crippen LogP contribution in [0.25, 0.3) is 16.9 Å². The molecule has 2 N–H and O–H groups in total. The lowest BCUT2D eigenvalue weighted by molar-refractivity contribution is 1.20. The van der Waals surface area contributed by atoms with Gasteiger partial charge in [-0.05, 0) is 55.7 Å². The van der Waals surface area contributed by atoms with E-state index in [0.717, 1.165) is 16.9 Å². The molecule has 0 aliphatic carbocycles. The van der Waals surface area contributed by atoms with E-state index in [1.54, 1.807) is 6.20 Å². The van der Waals surface area contributed by atoms with Crippen molar-refractivity contribution in [2.45, 2.75) is 20.8 Å². The molecule has 0 saturated heterocycles. The number of aryl methyl sites for hydroxylation is 3. The highest BCUT2D eigenvalue weighted by Gasteiger charge is 2.14. The molecule has 0 aliphatic rings. The Hall–Kier alpha value is -2.00. The third kappa shape index (κ3) is 1.95. The number of rotatable bonds is 1. The highest BCUT2D eigenvalue weighted by Crippen LogP contribution is 2.31. The molecule has 0 aliphatic heterocycles. The summed E-state index contributed by atoms with van der Waals surface area (Å²) in [6.07, 6.45) is 1.79. The number of halogens is 1. The molecule has 2 aromatic heterocycles. The first-order valence-electron chi connectivity index (χ1n) is 6.48. The van der Waals surface area contributed by atoms with Crippen LogP contribution in [-0.4, -0.2) is 9.38 Å². The monoisotopic (exact) mass is 285 g/mol. The smallest absolute Gasteiger partial charge is 0.139 e. The first-order valence-corrected chi connectivity index (χ1v) is 6.86. The van der Waals surface area contributed by atoms with Gasteiger partial charge in [-0.25, -0.2) is 4.98 Å². The summed E-state index contributed by atoms with van der Waals surface area (Å²) >= 11 is 6.02. The Morgan fingerprint density at radius 2 is 1.75 bits per heavy atom. The third-order valence-electron chi connectivity index (χ3n) is 3.72. The van der Waals surface area contributed by atoms with Crippen molar-refractivity contribution in [3.05, 3.63) is 52.2 Å². The van der Waals surface area contributed by atoms with Gasteiger partial charge in [-0.15, -0.1) is 0 Å². The molecule has 102 valence electrons. The van der Waals surface area contributed by atoms with Gasteiger partial charge in [-0.2, -0.15) is 0 Å². The van der Waals surface area contributed by atoms with E-state index in [0.29, 0.717) is 10.8 Å². The maximum Gasteiger partial charge on any atom is 0.139 e. The standard InChI is InChI=1S/C16H16ClN3/c1-9-6-11(3)13(7-10(9)2)15-16(18)20-8-12(17)4-5-14(20)19-15/h4-8H,18H2,1-3H3. The molecular formula is C16H16ClN3. The first-order chi connectivity index (χ1) is 9.47. The van der Waals surface area contributed by atoms with E-state index in [1.165, 1.54) is 16.7 Å². The zero-order valence-corrected chi connectivity index (χ0v) is 12.5. The van der Waals surface area contributed by atoms with Crippen molar-refractivity contribution in [1.82, 2.24) is 9.38 Å². The molecule has 0 unspecified atom stereocenters. The van der Waals surface area contributed by atoms with Crippen molar-refractivity contribution < 1.29 is 0 Å². The van der Waals surface area contributed by atoms with Gasteiger partial charge < -0.3 is 5.73 Å². The Balaban J connectivity index is 2.30. The third-order valence-corrected chi connectivity index (χ3v) is 3.94. The minimum atomic E-state index is 0.619. The summed E-state index contributed by atoms with van der Waals surface area (Å²) in [5.74, 6) is 0.619. The summed E-state index contributed by atoms with van der Waals surface area (Å²) < 4.78 is 1.83. The number of benzene rings is 1. The van der Waals surface area contributed by atoms with Crippen LogP contribution in [0.3, 0.4) is 0 Å². The molecule has 0 fully saturated rings. The lowest BCUT2D eigenvalue weighted by Gasteiger charge is -2.08. The number of fused-ring (bicyclic) bond motifs is 1. The van der Waals surface area contributed by atoms with E-state index in [9.17, 15) is 0 Å². The van der Waals surface area contributed by atoms with E-state index in [2.05, 4.69) is 37.9 Å². The molecule has 3 rings (SSSR count). The Morgan fingerprint density at radius 1 is 1.05 bits per heavy atom. The molecule has 1 aromatic carbocycles. The SMILES string of the molecule is Cc1cc(C)c(-c2nc3ccc(Cl)cn3c2N)cc1C. The maximum atomic E-state index is 6.24. The highest BCUT2D eigenvalue weighted by molar-refractivity contribution is 6.30. The average Bonchev–Trinajstić information content (AvgIpc) is 2.71. The highest BCUT2D eigenvalue weighted by atomic mass is 35.5. The van der Waals surface area contributed by atoms with Crippen molar-refractivity contribution in [1.29, 1.82) is 0 Å².